The maximum absolute atomic E-state index is 14.6. The van der Waals surface area contributed by atoms with Gasteiger partial charge < -0.3 is 0 Å². The van der Waals surface area contributed by atoms with E-state index in [2.05, 4.69) is 10.2 Å². The summed E-state index contributed by atoms with van der Waals surface area (Å²) < 4.78 is 115. The first-order valence-corrected chi connectivity index (χ1v) is 9.33. The van der Waals surface area contributed by atoms with Crippen LogP contribution in [0.4, 0.5) is 46.5 Å². The van der Waals surface area contributed by atoms with Gasteiger partial charge >= 0.3 is 0 Å². The quantitative estimate of drug-likeness (QED) is 0.142. The zero-order valence-electron chi connectivity index (χ0n) is 16.8. The van der Waals surface area contributed by atoms with Gasteiger partial charge in [-0.1, -0.05) is 17.2 Å². The number of benzene rings is 2. The zero-order valence-corrected chi connectivity index (χ0v) is 16.8. The monoisotopic (exact) mass is 490 g/mol. The van der Waals surface area contributed by atoms with Crippen LogP contribution >= 0.6 is 0 Å². The minimum atomic E-state index is -2.11. The molecule has 2 atom stereocenters. The van der Waals surface area contributed by atoms with Crippen LogP contribution in [-0.2, 0) is 4.79 Å². The standard InChI is InChI=1S/C19H10F8N6O/c1-4-2-5(7-9(20)13(24)17(30-32-28)14(25)10(7)21)19(34)6(3-4)8-11(22)15(26)18(31-33-29)16(27)12(8)23/h4-6H,2-3H2,1H3. The Morgan fingerprint density at radius 3 is 1.21 bits per heavy atom. The van der Waals surface area contributed by atoms with Gasteiger partial charge in [-0.3, -0.25) is 4.79 Å². The van der Waals surface area contributed by atoms with E-state index in [-0.39, 0.29) is 0 Å². The zero-order chi connectivity index (χ0) is 25.5. The van der Waals surface area contributed by atoms with E-state index >= 15 is 0 Å². The molecule has 0 heterocycles. The number of carbonyl (C=O) groups is 1. The minimum Gasteiger partial charge on any atom is -0.298 e. The van der Waals surface area contributed by atoms with E-state index in [1.807, 2.05) is 9.82 Å². The molecule has 2 unspecified atom stereocenters. The van der Waals surface area contributed by atoms with Crippen LogP contribution in [0.15, 0.2) is 10.2 Å². The van der Waals surface area contributed by atoms with E-state index in [4.69, 9.17) is 11.1 Å². The number of rotatable bonds is 4. The maximum atomic E-state index is 14.6. The SMILES string of the molecule is CC1CC(c2c(F)c(F)c(N=[N+]=[N-])c(F)c2F)C(=O)C(c2c(F)c(F)c(N=[N+]=[N-])c(F)c2F)C1. The molecule has 3 rings (SSSR count). The lowest BCUT2D eigenvalue weighted by Gasteiger charge is -2.33. The summed E-state index contributed by atoms with van der Waals surface area (Å²) in [6.45, 7) is 1.36. The predicted octanol–water partition coefficient (Wildman–Crippen LogP) is 7.55. The van der Waals surface area contributed by atoms with Crippen LogP contribution in [0.3, 0.4) is 0 Å². The van der Waals surface area contributed by atoms with Crippen molar-refractivity contribution in [3.8, 4) is 0 Å². The second-order valence-electron chi connectivity index (χ2n) is 7.50. The summed E-state index contributed by atoms with van der Waals surface area (Å²) in [5.74, 6) is -22.9. The molecule has 0 bridgehead atoms. The Labute approximate surface area is 184 Å². The van der Waals surface area contributed by atoms with Crippen molar-refractivity contribution in [3.05, 3.63) is 78.6 Å². The van der Waals surface area contributed by atoms with Gasteiger partial charge in [0, 0.05) is 32.8 Å². The first-order valence-electron chi connectivity index (χ1n) is 9.33. The summed E-state index contributed by atoms with van der Waals surface area (Å²) in [4.78, 5) is 17.1. The van der Waals surface area contributed by atoms with E-state index in [0.29, 0.717) is 0 Å². The molecule has 2 aromatic carbocycles. The molecule has 1 aliphatic rings. The highest BCUT2D eigenvalue weighted by atomic mass is 19.2. The average Bonchev–Trinajstić information content (AvgIpc) is 2.80. The number of nitrogens with zero attached hydrogens (tertiary/aromatic N) is 6. The number of hydrogen-bond acceptors (Lipinski definition) is 3. The largest absolute Gasteiger partial charge is 0.298 e. The lowest BCUT2D eigenvalue weighted by atomic mass is 9.69. The first-order chi connectivity index (χ1) is 16.0. The van der Waals surface area contributed by atoms with Gasteiger partial charge in [0.2, 0.25) is 0 Å². The van der Waals surface area contributed by atoms with Crippen LogP contribution in [0, 0.1) is 52.5 Å². The fraction of sp³-hybridized carbons (Fsp3) is 0.316. The summed E-state index contributed by atoms with van der Waals surface area (Å²) in [5.41, 5.74) is 10.5. The lowest BCUT2D eigenvalue weighted by Crippen LogP contribution is -2.32. The van der Waals surface area contributed by atoms with Crippen molar-refractivity contribution in [1.82, 2.24) is 0 Å². The normalized spacial score (nSPS) is 20.0. The summed E-state index contributed by atoms with van der Waals surface area (Å²) in [6, 6.07) is 0. The number of carbonyl (C=O) groups excluding carboxylic acids is 1. The molecule has 178 valence electrons. The fourth-order valence-corrected chi connectivity index (χ4v) is 4.05. The Morgan fingerprint density at radius 1 is 0.647 bits per heavy atom. The molecular formula is C19H10F8N6O. The number of hydrogen-bond donors (Lipinski definition) is 0. The summed E-state index contributed by atoms with van der Waals surface area (Å²) in [5, 5.41) is 5.05. The van der Waals surface area contributed by atoms with Crippen molar-refractivity contribution >= 4 is 17.2 Å². The Balaban J connectivity index is 2.23. The van der Waals surface area contributed by atoms with E-state index in [0.717, 1.165) is 0 Å². The molecule has 2 aromatic rings. The van der Waals surface area contributed by atoms with Crippen LogP contribution < -0.4 is 0 Å². The third-order valence-electron chi connectivity index (χ3n) is 5.50. The van der Waals surface area contributed by atoms with Gasteiger partial charge in [-0.25, -0.2) is 35.1 Å². The Kier molecular flexibility index (Phi) is 6.71. The lowest BCUT2D eigenvalue weighted by molar-refractivity contribution is -0.124. The smallest absolute Gasteiger partial charge is 0.171 e. The number of Topliss-reactive ketones (excluding diaryl/α,β-unsaturated/α-hetero) is 1. The van der Waals surface area contributed by atoms with Gasteiger partial charge in [-0.05, 0) is 29.8 Å². The summed E-state index contributed by atoms with van der Waals surface area (Å²) >= 11 is 0. The van der Waals surface area contributed by atoms with Crippen LogP contribution in [-0.4, -0.2) is 5.78 Å². The van der Waals surface area contributed by atoms with Gasteiger partial charge in [-0.15, -0.1) is 0 Å². The van der Waals surface area contributed by atoms with Gasteiger partial charge in [0.1, 0.15) is 17.2 Å². The van der Waals surface area contributed by atoms with Crippen LogP contribution in [0.5, 0.6) is 0 Å². The first kappa shape index (κ1) is 24.8. The maximum Gasteiger partial charge on any atom is 0.171 e. The fourth-order valence-electron chi connectivity index (χ4n) is 4.05. The van der Waals surface area contributed by atoms with Gasteiger partial charge in [0.25, 0.3) is 0 Å². The molecule has 0 aliphatic heterocycles. The molecule has 0 radical (unpaired) electrons. The Hall–Kier alpha value is -3.83. The second-order valence-corrected chi connectivity index (χ2v) is 7.50. The van der Waals surface area contributed by atoms with Crippen molar-refractivity contribution in [2.45, 2.75) is 31.6 Å². The second kappa shape index (κ2) is 9.20. The molecule has 15 heteroatoms. The number of ketones is 1. The van der Waals surface area contributed by atoms with Crippen LogP contribution in [0.1, 0.15) is 42.7 Å². The van der Waals surface area contributed by atoms with Crippen LogP contribution in [0.25, 0.3) is 20.9 Å². The highest BCUT2D eigenvalue weighted by molar-refractivity contribution is 5.93. The van der Waals surface area contributed by atoms with E-state index in [1.54, 1.807) is 0 Å². The van der Waals surface area contributed by atoms with Gasteiger partial charge in [-0.2, -0.15) is 0 Å². The van der Waals surface area contributed by atoms with Gasteiger partial charge in [0.15, 0.2) is 46.5 Å². The van der Waals surface area contributed by atoms with Crippen LogP contribution in [0.2, 0.25) is 0 Å². The molecule has 7 nitrogen and oxygen atoms in total. The third kappa shape index (κ3) is 3.78. The molecule has 1 fully saturated rings. The summed E-state index contributed by atoms with van der Waals surface area (Å²) in [7, 11) is 0. The minimum absolute atomic E-state index is 0.437. The van der Waals surface area contributed by atoms with E-state index in [1.165, 1.54) is 6.92 Å². The highest BCUT2D eigenvalue weighted by Gasteiger charge is 2.44. The van der Waals surface area contributed by atoms with E-state index < -0.39 is 105 Å². The topological polar surface area (TPSA) is 115 Å². The molecule has 0 saturated heterocycles. The molecule has 34 heavy (non-hydrogen) atoms. The predicted molar refractivity (Wildman–Crippen MR) is 99.0 cm³/mol. The Bertz CT molecular complexity index is 1160. The van der Waals surface area contributed by atoms with Crippen molar-refractivity contribution < 1.29 is 39.9 Å². The average molecular weight is 490 g/mol. The highest BCUT2D eigenvalue weighted by Crippen LogP contribution is 2.47. The molecule has 0 spiro atoms. The molecule has 1 saturated carbocycles. The van der Waals surface area contributed by atoms with Crippen molar-refractivity contribution in [1.29, 1.82) is 0 Å². The molecular weight excluding hydrogens is 480 g/mol. The van der Waals surface area contributed by atoms with Crippen molar-refractivity contribution in [3.63, 3.8) is 0 Å². The third-order valence-corrected chi connectivity index (χ3v) is 5.50. The molecule has 0 N–H and O–H groups in total. The molecule has 0 amide bonds. The van der Waals surface area contributed by atoms with E-state index in [9.17, 15) is 39.9 Å². The molecule has 1 aliphatic carbocycles. The Morgan fingerprint density at radius 2 is 0.941 bits per heavy atom. The van der Waals surface area contributed by atoms with Gasteiger partial charge in [0.05, 0.1) is 0 Å². The van der Waals surface area contributed by atoms with Crippen molar-refractivity contribution in [2.24, 2.45) is 16.1 Å². The number of azide groups is 2. The summed E-state index contributed by atoms with van der Waals surface area (Å²) in [6.07, 6.45) is -0.873. The number of halogens is 8. The van der Waals surface area contributed by atoms with Crippen molar-refractivity contribution in [2.75, 3.05) is 0 Å². The molecule has 0 aromatic heterocycles.